The van der Waals surface area contributed by atoms with Gasteiger partial charge in [-0.25, -0.2) is 4.39 Å². The number of amides is 1. The van der Waals surface area contributed by atoms with Gasteiger partial charge in [-0.15, -0.1) is 0 Å². The Morgan fingerprint density at radius 2 is 2.24 bits per heavy atom. The molecule has 0 aliphatic carbocycles. The van der Waals surface area contributed by atoms with Gasteiger partial charge in [0.25, 0.3) is 0 Å². The third kappa shape index (κ3) is 4.77. The zero-order chi connectivity index (χ0) is 15.1. The summed E-state index contributed by atoms with van der Waals surface area (Å²) >= 11 is 0. The Hall–Kier alpha value is -1.50. The van der Waals surface area contributed by atoms with Crippen LogP contribution < -0.4 is 10.6 Å². The van der Waals surface area contributed by atoms with Crippen LogP contribution in [0.1, 0.15) is 12.5 Å². The number of nitrogens with one attached hydrogen (secondary N) is 2. The van der Waals surface area contributed by atoms with Gasteiger partial charge in [0.1, 0.15) is 5.82 Å². The summed E-state index contributed by atoms with van der Waals surface area (Å²) in [7, 11) is 0. The minimum absolute atomic E-state index is 0.0177. The van der Waals surface area contributed by atoms with Gasteiger partial charge in [0.05, 0.1) is 31.9 Å². The molecule has 0 bridgehead atoms. The number of carbonyl (C=O) groups excluding carboxylic acids is 1. The summed E-state index contributed by atoms with van der Waals surface area (Å²) in [6.45, 7) is 3.96. The second kappa shape index (κ2) is 8.07. The lowest BCUT2D eigenvalue weighted by molar-refractivity contribution is -0.120. The summed E-state index contributed by atoms with van der Waals surface area (Å²) in [5, 5.41) is 5.80. The first kappa shape index (κ1) is 15.9. The Balaban J connectivity index is 1.71. The molecule has 1 aliphatic heterocycles. The van der Waals surface area contributed by atoms with Crippen molar-refractivity contribution in [1.82, 2.24) is 10.6 Å². The monoisotopic (exact) mass is 296 g/mol. The van der Waals surface area contributed by atoms with Crippen LogP contribution in [0, 0.1) is 5.82 Å². The van der Waals surface area contributed by atoms with E-state index in [1.807, 2.05) is 6.92 Å². The predicted molar refractivity (Wildman–Crippen MR) is 76.3 cm³/mol. The average Bonchev–Trinajstić information content (AvgIpc) is 2.92. The van der Waals surface area contributed by atoms with Crippen molar-refractivity contribution in [1.29, 1.82) is 0 Å². The van der Waals surface area contributed by atoms with Crippen molar-refractivity contribution < 1.29 is 18.7 Å². The summed E-state index contributed by atoms with van der Waals surface area (Å²) in [6, 6.07) is 6.41. The smallest absolute Gasteiger partial charge is 0.234 e. The maximum absolute atomic E-state index is 13.4. The first-order valence-corrected chi connectivity index (χ1v) is 7.13. The molecule has 116 valence electrons. The molecule has 6 heteroatoms. The second-order valence-electron chi connectivity index (χ2n) is 4.89. The maximum atomic E-state index is 13.4. The van der Waals surface area contributed by atoms with Crippen molar-refractivity contribution in [3.8, 4) is 0 Å². The highest BCUT2D eigenvalue weighted by molar-refractivity contribution is 5.78. The summed E-state index contributed by atoms with van der Waals surface area (Å²) in [5.41, 5.74) is 0.474. The molecule has 0 aromatic heterocycles. The van der Waals surface area contributed by atoms with Gasteiger partial charge >= 0.3 is 0 Å². The maximum Gasteiger partial charge on any atom is 0.234 e. The van der Waals surface area contributed by atoms with E-state index in [0.29, 0.717) is 25.4 Å². The van der Waals surface area contributed by atoms with Crippen LogP contribution in [0.4, 0.5) is 4.39 Å². The van der Waals surface area contributed by atoms with Crippen molar-refractivity contribution in [3.63, 3.8) is 0 Å². The Bertz CT molecular complexity index is 470. The van der Waals surface area contributed by atoms with Crippen LogP contribution in [0.2, 0.25) is 0 Å². The van der Waals surface area contributed by atoms with Crippen LogP contribution in [-0.4, -0.2) is 44.4 Å². The van der Waals surface area contributed by atoms with Crippen LogP contribution in [-0.2, 0) is 20.8 Å². The molecule has 0 spiro atoms. The largest absolute Gasteiger partial charge is 0.377 e. The number of benzene rings is 1. The fourth-order valence-electron chi connectivity index (χ4n) is 2.23. The molecule has 21 heavy (non-hydrogen) atoms. The topological polar surface area (TPSA) is 59.6 Å². The highest BCUT2D eigenvalue weighted by Gasteiger charge is 2.28. The summed E-state index contributed by atoms with van der Waals surface area (Å²) in [6.07, 6.45) is -0.0191. The minimum Gasteiger partial charge on any atom is -0.377 e. The molecular weight excluding hydrogens is 275 g/mol. The fourth-order valence-corrected chi connectivity index (χ4v) is 2.23. The molecule has 0 unspecified atom stereocenters. The number of halogens is 1. The van der Waals surface area contributed by atoms with Crippen LogP contribution in [0.5, 0.6) is 0 Å². The lowest BCUT2D eigenvalue weighted by Crippen LogP contribution is -2.45. The van der Waals surface area contributed by atoms with Gasteiger partial charge in [-0.05, 0) is 13.0 Å². The fraction of sp³-hybridized carbons (Fsp3) is 0.533. The molecule has 1 fully saturated rings. The molecule has 0 radical (unpaired) electrons. The van der Waals surface area contributed by atoms with Gasteiger partial charge in [-0.2, -0.15) is 0 Å². The SMILES string of the molecule is CCO[C@H]1COC[C@@H]1NCC(=O)NCc1ccccc1F. The Morgan fingerprint density at radius 1 is 1.43 bits per heavy atom. The van der Waals surface area contributed by atoms with Gasteiger partial charge in [0.15, 0.2) is 0 Å². The standard InChI is InChI=1S/C15H21FN2O3/c1-2-21-14-10-20-9-13(14)17-8-15(19)18-7-11-5-3-4-6-12(11)16/h3-6,13-14,17H,2,7-10H2,1H3,(H,18,19)/t13-,14-/m0/s1. The first-order valence-electron chi connectivity index (χ1n) is 7.13. The van der Waals surface area contributed by atoms with E-state index < -0.39 is 0 Å². The van der Waals surface area contributed by atoms with E-state index in [0.717, 1.165) is 0 Å². The van der Waals surface area contributed by atoms with Crippen LogP contribution in [0.3, 0.4) is 0 Å². The molecule has 1 amide bonds. The van der Waals surface area contributed by atoms with Crippen LogP contribution in [0.15, 0.2) is 24.3 Å². The summed E-state index contributed by atoms with van der Waals surface area (Å²) in [4.78, 5) is 11.8. The molecule has 2 rings (SSSR count). The highest BCUT2D eigenvalue weighted by atomic mass is 19.1. The molecule has 1 saturated heterocycles. The Kier molecular flexibility index (Phi) is 6.10. The van der Waals surface area contributed by atoms with Crippen molar-refractivity contribution >= 4 is 5.91 Å². The highest BCUT2D eigenvalue weighted by Crippen LogP contribution is 2.09. The van der Waals surface area contributed by atoms with E-state index in [-0.39, 0.29) is 37.0 Å². The number of carbonyl (C=O) groups is 1. The second-order valence-corrected chi connectivity index (χ2v) is 4.89. The van der Waals surface area contributed by atoms with Gasteiger partial charge in [0, 0.05) is 18.7 Å². The molecule has 0 saturated carbocycles. The zero-order valence-corrected chi connectivity index (χ0v) is 12.1. The predicted octanol–water partition coefficient (Wildman–Crippen LogP) is 0.835. The van der Waals surface area contributed by atoms with E-state index in [1.54, 1.807) is 18.2 Å². The number of ether oxygens (including phenoxy) is 2. The number of hydrogen-bond donors (Lipinski definition) is 2. The molecule has 2 N–H and O–H groups in total. The van der Waals surface area contributed by atoms with Crippen molar-refractivity contribution in [2.45, 2.75) is 25.6 Å². The van der Waals surface area contributed by atoms with Gasteiger partial charge in [0.2, 0.25) is 5.91 Å². The third-order valence-electron chi connectivity index (χ3n) is 3.37. The van der Waals surface area contributed by atoms with Crippen LogP contribution >= 0.6 is 0 Å². The number of hydrogen-bond acceptors (Lipinski definition) is 4. The van der Waals surface area contributed by atoms with E-state index in [2.05, 4.69) is 10.6 Å². The van der Waals surface area contributed by atoms with Crippen molar-refractivity contribution in [2.24, 2.45) is 0 Å². The molecule has 1 heterocycles. The molecule has 1 aromatic carbocycles. The van der Waals surface area contributed by atoms with E-state index in [4.69, 9.17) is 9.47 Å². The normalized spacial score (nSPS) is 21.4. The van der Waals surface area contributed by atoms with E-state index >= 15 is 0 Å². The molecule has 1 aliphatic rings. The number of rotatable bonds is 7. The van der Waals surface area contributed by atoms with E-state index in [9.17, 15) is 9.18 Å². The Morgan fingerprint density at radius 3 is 3.00 bits per heavy atom. The third-order valence-corrected chi connectivity index (χ3v) is 3.37. The minimum atomic E-state index is -0.314. The molecule has 5 nitrogen and oxygen atoms in total. The lowest BCUT2D eigenvalue weighted by Gasteiger charge is -2.18. The average molecular weight is 296 g/mol. The molecule has 2 atom stereocenters. The molecule has 1 aromatic rings. The van der Waals surface area contributed by atoms with Gasteiger partial charge in [-0.3, -0.25) is 4.79 Å². The first-order chi connectivity index (χ1) is 10.2. The molecular formula is C15H21FN2O3. The van der Waals surface area contributed by atoms with E-state index in [1.165, 1.54) is 6.07 Å². The van der Waals surface area contributed by atoms with Gasteiger partial charge in [-0.1, -0.05) is 18.2 Å². The quantitative estimate of drug-likeness (QED) is 0.783. The van der Waals surface area contributed by atoms with Crippen molar-refractivity contribution in [2.75, 3.05) is 26.4 Å². The Labute approximate surface area is 123 Å². The lowest BCUT2D eigenvalue weighted by atomic mass is 10.2. The van der Waals surface area contributed by atoms with Gasteiger partial charge < -0.3 is 20.1 Å². The van der Waals surface area contributed by atoms with Crippen molar-refractivity contribution in [3.05, 3.63) is 35.6 Å². The summed E-state index contributed by atoms with van der Waals surface area (Å²) in [5.74, 6) is -0.494. The zero-order valence-electron chi connectivity index (χ0n) is 12.1. The van der Waals surface area contributed by atoms with Crippen LogP contribution in [0.25, 0.3) is 0 Å². The summed E-state index contributed by atoms with van der Waals surface area (Å²) < 4.78 is 24.3.